The van der Waals surface area contributed by atoms with Gasteiger partial charge in [-0.15, -0.1) is 0 Å². The minimum absolute atomic E-state index is 0.0157. The Balaban J connectivity index is 1.29. The number of rotatable bonds is 5. The molecule has 4 N–H and O–H groups in total. The fraction of sp³-hybridized carbons (Fsp3) is 0.421. The minimum Gasteiger partial charge on any atom is -0.387 e. The number of hydrogen-bond donors (Lipinski definition) is 3. The number of imidazole rings is 1. The van der Waals surface area contributed by atoms with Crippen LogP contribution >= 0.6 is 6.72 Å². The van der Waals surface area contributed by atoms with Gasteiger partial charge in [0, 0.05) is 18.1 Å². The molecule has 2 aliphatic heterocycles. The molecule has 4 heterocycles. The van der Waals surface area contributed by atoms with Gasteiger partial charge in [0.15, 0.2) is 29.3 Å². The molecule has 3 aromatic rings. The number of nitrogens with zero attached hydrogens (tertiary/aromatic N) is 4. The van der Waals surface area contributed by atoms with Crippen molar-refractivity contribution >= 4 is 35.5 Å². The molecule has 1 aromatic carbocycles. The third kappa shape index (κ3) is 4.54. The topological polar surface area (TPSA) is 147 Å². The molecule has 6 atom stereocenters. The number of benzene rings is 1. The largest absolute Gasteiger partial charge is 0.387 e. The van der Waals surface area contributed by atoms with Crippen molar-refractivity contribution in [1.29, 1.82) is 0 Å². The summed E-state index contributed by atoms with van der Waals surface area (Å²) >= 11 is 5.33. The van der Waals surface area contributed by atoms with Gasteiger partial charge in [0.25, 0.3) is 0 Å². The Kier molecular flexibility index (Phi) is 6.52. The first-order valence-corrected chi connectivity index (χ1v) is 12.9. The zero-order valence-corrected chi connectivity index (χ0v) is 19.4. The number of nitrogen functional groups attached to an aromatic ring is 1. The van der Waals surface area contributed by atoms with Crippen LogP contribution in [0.15, 0.2) is 24.8 Å². The molecule has 0 saturated carbocycles. The van der Waals surface area contributed by atoms with Crippen LogP contribution in [0, 0.1) is 17.5 Å². The molecule has 0 amide bonds. The monoisotopic (exact) mass is 533 g/mol. The van der Waals surface area contributed by atoms with Crippen molar-refractivity contribution < 1.29 is 41.7 Å². The van der Waals surface area contributed by atoms with Gasteiger partial charge >= 0.3 is 6.72 Å². The van der Waals surface area contributed by atoms with Crippen LogP contribution in [0.4, 0.5) is 19.0 Å². The first kappa shape index (κ1) is 24.5. The van der Waals surface area contributed by atoms with Crippen LogP contribution in [-0.2, 0) is 30.1 Å². The maximum absolute atomic E-state index is 14.2. The highest BCUT2D eigenvalue weighted by Crippen LogP contribution is 2.57. The lowest BCUT2D eigenvalue weighted by Gasteiger charge is -2.32. The van der Waals surface area contributed by atoms with E-state index in [1.807, 2.05) is 0 Å². The van der Waals surface area contributed by atoms with Crippen LogP contribution < -0.4 is 5.73 Å². The zero-order valence-electron chi connectivity index (χ0n) is 17.7. The third-order valence-electron chi connectivity index (χ3n) is 5.67. The first-order valence-electron chi connectivity index (χ1n) is 10.3. The summed E-state index contributed by atoms with van der Waals surface area (Å²) in [6.07, 6.45) is -3.23. The Bertz CT molecular complexity index is 1320. The molecule has 35 heavy (non-hydrogen) atoms. The molecule has 2 saturated heterocycles. The number of aromatic nitrogens is 4. The molecular formula is C19H19F3N5O6PS. The fourth-order valence-electron chi connectivity index (χ4n) is 3.89. The number of nitrogens with two attached hydrogens (primary N) is 1. The van der Waals surface area contributed by atoms with Crippen LogP contribution in [0.5, 0.6) is 0 Å². The van der Waals surface area contributed by atoms with Crippen molar-refractivity contribution in [3.8, 4) is 0 Å². The first-order chi connectivity index (χ1) is 16.7. The van der Waals surface area contributed by atoms with Crippen molar-refractivity contribution in [2.75, 3.05) is 18.9 Å². The van der Waals surface area contributed by atoms with Crippen LogP contribution in [0.3, 0.4) is 0 Å². The van der Waals surface area contributed by atoms with Crippen LogP contribution in [0.1, 0.15) is 24.3 Å². The predicted molar refractivity (Wildman–Crippen MR) is 117 cm³/mol. The number of aliphatic hydroxyl groups is 2. The SMILES string of the molecule is Nc1ncnc2c1ncn2[C@@H]1O[C@H](COP2(=S)OCCC(c3cc(F)c(F)cc3F)O2)[C@H](O)[C@@H]1O. The van der Waals surface area contributed by atoms with Gasteiger partial charge in [0.05, 0.1) is 25.6 Å². The lowest BCUT2D eigenvalue weighted by Crippen LogP contribution is -2.34. The molecule has 2 fully saturated rings. The second kappa shape index (κ2) is 9.33. The fourth-order valence-corrected chi connectivity index (χ4v) is 6.00. The number of ether oxygens (including phenoxy) is 1. The highest BCUT2D eigenvalue weighted by atomic mass is 32.5. The van der Waals surface area contributed by atoms with E-state index in [0.29, 0.717) is 17.6 Å². The lowest BCUT2D eigenvalue weighted by atomic mass is 10.1. The molecule has 0 bridgehead atoms. The number of aliphatic hydroxyl groups excluding tert-OH is 2. The summed E-state index contributed by atoms with van der Waals surface area (Å²) in [6.45, 7) is -3.81. The van der Waals surface area contributed by atoms with Crippen LogP contribution in [-0.4, -0.2) is 61.3 Å². The quantitative estimate of drug-likeness (QED) is 0.326. The molecule has 0 spiro atoms. The van der Waals surface area contributed by atoms with E-state index in [1.54, 1.807) is 0 Å². The summed E-state index contributed by atoms with van der Waals surface area (Å²) in [5.74, 6) is -3.41. The average molecular weight is 533 g/mol. The smallest absolute Gasteiger partial charge is 0.327 e. The van der Waals surface area contributed by atoms with Crippen LogP contribution in [0.2, 0.25) is 0 Å². The third-order valence-corrected chi connectivity index (χ3v) is 8.04. The van der Waals surface area contributed by atoms with E-state index in [2.05, 4.69) is 15.0 Å². The number of anilines is 1. The number of halogens is 3. The molecule has 5 rings (SSSR count). The summed E-state index contributed by atoms with van der Waals surface area (Å²) in [7, 11) is 0. The average Bonchev–Trinajstić information content (AvgIpc) is 3.37. The maximum atomic E-state index is 14.2. The van der Waals surface area contributed by atoms with Gasteiger partial charge in [-0.05, 0) is 17.9 Å². The molecule has 188 valence electrons. The normalized spacial score (nSPS) is 31.3. The van der Waals surface area contributed by atoms with E-state index in [4.69, 9.17) is 35.8 Å². The zero-order chi connectivity index (χ0) is 24.9. The molecule has 16 heteroatoms. The standard InChI is InChI=1S/C19H19F3N5O6PS/c20-9-4-11(22)10(21)3-8(9)12-1-2-30-34(35,33-12)31-5-13-15(28)16(29)19(32-13)27-7-26-14-17(23)24-6-25-18(14)27/h3-4,6-7,12-13,15-16,19,28-29H,1-2,5H2,(H2,23,24,25)/t12?,13-,15+,16+,19-,34?/m1/s1. The molecule has 11 nitrogen and oxygen atoms in total. The van der Waals surface area contributed by atoms with E-state index < -0.39 is 54.8 Å². The summed E-state index contributed by atoms with van der Waals surface area (Å²) in [6, 6.07) is 1.13. The Labute approximate surface area is 200 Å². The summed E-state index contributed by atoms with van der Waals surface area (Å²) in [5.41, 5.74) is 6.15. The Hall–Kier alpha value is -2.23. The van der Waals surface area contributed by atoms with Crippen molar-refractivity contribution in [2.24, 2.45) is 0 Å². The summed E-state index contributed by atoms with van der Waals surface area (Å²) in [4.78, 5) is 12.0. The Morgan fingerprint density at radius 2 is 1.91 bits per heavy atom. The molecule has 2 aromatic heterocycles. The minimum atomic E-state index is -3.48. The maximum Gasteiger partial charge on any atom is 0.327 e. The van der Waals surface area contributed by atoms with Crippen molar-refractivity contribution in [3.63, 3.8) is 0 Å². The van der Waals surface area contributed by atoms with Crippen molar-refractivity contribution in [2.45, 2.75) is 37.1 Å². The molecule has 2 unspecified atom stereocenters. The van der Waals surface area contributed by atoms with E-state index in [0.717, 1.165) is 0 Å². The highest BCUT2D eigenvalue weighted by Gasteiger charge is 2.46. The van der Waals surface area contributed by atoms with Gasteiger partial charge in [0.2, 0.25) is 0 Å². The number of hydrogen-bond acceptors (Lipinski definition) is 11. The summed E-state index contributed by atoms with van der Waals surface area (Å²) in [5, 5.41) is 21.1. The van der Waals surface area contributed by atoms with Gasteiger partial charge in [0.1, 0.15) is 36.0 Å². The van der Waals surface area contributed by atoms with Crippen molar-refractivity contribution in [3.05, 3.63) is 47.8 Å². The molecule has 2 aliphatic rings. The Morgan fingerprint density at radius 1 is 1.14 bits per heavy atom. The highest BCUT2D eigenvalue weighted by molar-refractivity contribution is 8.07. The lowest BCUT2D eigenvalue weighted by molar-refractivity contribution is -0.0533. The summed E-state index contributed by atoms with van der Waals surface area (Å²) < 4.78 is 65.0. The van der Waals surface area contributed by atoms with E-state index in [1.165, 1.54) is 17.2 Å². The van der Waals surface area contributed by atoms with E-state index in [9.17, 15) is 23.4 Å². The number of fused-ring (bicyclic) bond motifs is 1. The second-order valence-electron chi connectivity index (χ2n) is 7.88. The van der Waals surface area contributed by atoms with Crippen molar-refractivity contribution in [1.82, 2.24) is 19.5 Å². The van der Waals surface area contributed by atoms with Gasteiger partial charge < -0.3 is 34.3 Å². The molecule has 0 aliphatic carbocycles. The Morgan fingerprint density at radius 3 is 2.71 bits per heavy atom. The van der Waals surface area contributed by atoms with Gasteiger partial charge in [-0.3, -0.25) is 4.57 Å². The van der Waals surface area contributed by atoms with Gasteiger partial charge in [-0.2, -0.15) is 0 Å². The van der Waals surface area contributed by atoms with E-state index in [-0.39, 0.29) is 36.7 Å². The predicted octanol–water partition coefficient (Wildman–Crippen LogP) is 1.86. The van der Waals surface area contributed by atoms with E-state index >= 15 is 0 Å². The van der Waals surface area contributed by atoms with Gasteiger partial charge in [-0.1, -0.05) is 0 Å². The van der Waals surface area contributed by atoms with Gasteiger partial charge in [-0.25, -0.2) is 28.1 Å². The molecule has 0 radical (unpaired) electrons. The molecular weight excluding hydrogens is 514 g/mol. The van der Waals surface area contributed by atoms with Crippen LogP contribution in [0.25, 0.3) is 11.2 Å². The second-order valence-corrected chi connectivity index (χ2v) is 10.8.